The second-order valence-corrected chi connectivity index (χ2v) is 5.79. The zero-order valence-corrected chi connectivity index (χ0v) is 12.9. The summed E-state index contributed by atoms with van der Waals surface area (Å²) in [7, 11) is 0. The summed E-state index contributed by atoms with van der Waals surface area (Å²) in [5.41, 5.74) is 1.61. The molecule has 1 aliphatic heterocycles. The van der Waals surface area contributed by atoms with E-state index in [-0.39, 0.29) is 12.0 Å². The zero-order valence-electron chi connectivity index (χ0n) is 12.9. The van der Waals surface area contributed by atoms with Crippen LogP contribution in [0.3, 0.4) is 0 Å². The molecule has 0 unspecified atom stereocenters. The molecular weight excluding hydrogens is 294 g/mol. The molecule has 0 aliphatic carbocycles. The van der Waals surface area contributed by atoms with Crippen LogP contribution < -0.4 is 5.32 Å². The number of aromatic nitrogens is 1. The predicted octanol–water partition coefficient (Wildman–Crippen LogP) is 3.02. The zero-order chi connectivity index (χ0) is 16.4. The van der Waals surface area contributed by atoms with E-state index in [0.29, 0.717) is 17.8 Å². The molecule has 6 heteroatoms. The van der Waals surface area contributed by atoms with Gasteiger partial charge in [-0.2, -0.15) is 0 Å². The molecule has 1 fully saturated rings. The maximum Gasteiger partial charge on any atom is 0.415 e. The van der Waals surface area contributed by atoms with E-state index in [2.05, 4.69) is 10.3 Å². The lowest BCUT2D eigenvalue weighted by Gasteiger charge is -2.46. The third kappa shape index (κ3) is 3.15. The van der Waals surface area contributed by atoms with Gasteiger partial charge in [-0.05, 0) is 43.7 Å². The number of rotatable bonds is 4. The number of pyridine rings is 1. The fourth-order valence-electron chi connectivity index (χ4n) is 2.34. The highest BCUT2D eigenvalue weighted by atomic mass is 16.6. The molecule has 0 spiro atoms. The molecule has 2 heterocycles. The Hall–Kier alpha value is -2.89. The van der Waals surface area contributed by atoms with E-state index >= 15 is 0 Å². The van der Waals surface area contributed by atoms with Crippen LogP contribution in [0.15, 0.2) is 48.8 Å². The lowest BCUT2D eigenvalue weighted by Crippen LogP contribution is -2.61. The van der Waals surface area contributed by atoms with Gasteiger partial charge in [0, 0.05) is 23.6 Å². The Labute approximate surface area is 134 Å². The van der Waals surface area contributed by atoms with Crippen molar-refractivity contribution in [3.05, 3.63) is 59.9 Å². The Morgan fingerprint density at radius 1 is 1.17 bits per heavy atom. The van der Waals surface area contributed by atoms with Gasteiger partial charge < -0.3 is 10.1 Å². The first-order chi connectivity index (χ1) is 11.0. The van der Waals surface area contributed by atoms with Gasteiger partial charge in [0.2, 0.25) is 0 Å². The molecule has 1 aliphatic rings. The summed E-state index contributed by atoms with van der Waals surface area (Å²) in [4.78, 5) is 29.2. The summed E-state index contributed by atoms with van der Waals surface area (Å²) in [5, 5.41) is 2.80. The normalized spacial score (nSPS) is 15.6. The van der Waals surface area contributed by atoms with E-state index in [1.165, 1.54) is 0 Å². The summed E-state index contributed by atoms with van der Waals surface area (Å²) in [6.45, 7) is 4.13. The van der Waals surface area contributed by atoms with Crippen molar-refractivity contribution in [2.45, 2.75) is 26.1 Å². The smallest absolute Gasteiger partial charge is 0.415 e. The number of amides is 2. The Morgan fingerprint density at radius 2 is 1.83 bits per heavy atom. The number of hydrogen-bond acceptors (Lipinski definition) is 4. The molecule has 2 amide bonds. The van der Waals surface area contributed by atoms with Crippen molar-refractivity contribution in [2.24, 2.45) is 0 Å². The molecule has 3 rings (SSSR count). The van der Waals surface area contributed by atoms with E-state index < -0.39 is 5.72 Å². The van der Waals surface area contributed by atoms with Crippen LogP contribution in [0.1, 0.15) is 29.8 Å². The number of carbonyl (C=O) groups excluding carboxylic acids is 2. The first-order valence-electron chi connectivity index (χ1n) is 7.27. The van der Waals surface area contributed by atoms with Gasteiger partial charge >= 0.3 is 6.09 Å². The van der Waals surface area contributed by atoms with Crippen LogP contribution in [-0.2, 0) is 11.3 Å². The minimum absolute atomic E-state index is 0.188. The first-order valence-corrected chi connectivity index (χ1v) is 7.27. The maximum atomic E-state index is 12.2. The average molecular weight is 311 g/mol. The highest BCUT2D eigenvalue weighted by Crippen LogP contribution is 2.30. The summed E-state index contributed by atoms with van der Waals surface area (Å²) < 4.78 is 5.06. The standard InChI is InChI=1S/C17H17N3O3/c1-17(2)20(16(22)23-17)11-12-3-5-13(6-4-12)15(21)19-14-7-9-18-10-8-14/h3-10H,11H2,1-2H3,(H,18,19,21). The molecule has 2 aromatic rings. The van der Waals surface area contributed by atoms with Crippen molar-refractivity contribution >= 4 is 17.7 Å². The Morgan fingerprint density at radius 3 is 2.39 bits per heavy atom. The number of nitrogens with one attached hydrogen (secondary N) is 1. The minimum atomic E-state index is -0.575. The average Bonchev–Trinajstić information content (AvgIpc) is 2.54. The van der Waals surface area contributed by atoms with E-state index in [1.807, 2.05) is 26.0 Å². The van der Waals surface area contributed by atoms with Crippen molar-refractivity contribution in [3.63, 3.8) is 0 Å². The molecule has 1 saturated heterocycles. The molecule has 0 atom stereocenters. The van der Waals surface area contributed by atoms with Gasteiger partial charge in [-0.25, -0.2) is 4.79 Å². The second kappa shape index (κ2) is 5.72. The van der Waals surface area contributed by atoms with Crippen LogP contribution in [-0.4, -0.2) is 27.6 Å². The van der Waals surface area contributed by atoms with Crippen molar-refractivity contribution < 1.29 is 14.3 Å². The van der Waals surface area contributed by atoms with Crippen LogP contribution in [0, 0.1) is 0 Å². The lowest BCUT2D eigenvalue weighted by molar-refractivity contribution is -0.166. The Bertz CT molecular complexity index is 727. The van der Waals surface area contributed by atoms with Crippen LogP contribution in [0.25, 0.3) is 0 Å². The molecular formula is C17H17N3O3. The highest BCUT2D eigenvalue weighted by molar-refractivity contribution is 6.04. The highest BCUT2D eigenvalue weighted by Gasteiger charge is 2.45. The van der Waals surface area contributed by atoms with Gasteiger partial charge in [0.1, 0.15) is 0 Å². The molecule has 1 aromatic carbocycles. The van der Waals surface area contributed by atoms with Crippen molar-refractivity contribution in [1.29, 1.82) is 0 Å². The molecule has 0 radical (unpaired) electrons. The quantitative estimate of drug-likeness (QED) is 0.942. The van der Waals surface area contributed by atoms with Crippen LogP contribution in [0.5, 0.6) is 0 Å². The summed E-state index contributed by atoms with van der Waals surface area (Å²) in [6, 6.07) is 10.6. The molecule has 1 aromatic heterocycles. The fraction of sp³-hybridized carbons (Fsp3) is 0.235. The SMILES string of the molecule is CC1(C)OC(=O)N1Cc1ccc(C(=O)Nc2ccncc2)cc1. The molecule has 118 valence electrons. The predicted molar refractivity (Wildman–Crippen MR) is 84.7 cm³/mol. The largest absolute Gasteiger partial charge is 0.423 e. The topological polar surface area (TPSA) is 71.5 Å². The van der Waals surface area contributed by atoms with Crippen molar-refractivity contribution in [1.82, 2.24) is 9.88 Å². The van der Waals surface area contributed by atoms with Gasteiger partial charge in [-0.1, -0.05) is 12.1 Å². The third-order valence-corrected chi connectivity index (χ3v) is 3.70. The molecule has 1 N–H and O–H groups in total. The van der Waals surface area contributed by atoms with Crippen LogP contribution in [0.4, 0.5) is 10.5 Å². The van der Waals surface area contributed by atoms with Gasteiger partial charge in [-0.3, -0.25) is 14.7 Å². The van der Waals surface area contributed by atoms with Crippen molar-refractivity contribution in [2.75, 3.05) is 5.32 Å². The number of carbonyl (C=O) groups is 2. The summed E-state index contributed by atoms with van der Waals surface area (Å²) in [6.07, 6.45) is 2.91. The Kier molecular flexibility index (Phi) is 3.73. The number of ether oxygens (including phenoxy) is 1. The Balaban J connectivity index is 1.65. The molecule has 0 bridgehead atoms. The third-order valence-electron chi connectivity index (χ3n) is 3.70. The molecule has 23 heavy (non-hydrogen) atoms. The molecule has 0 saturated carbocycles. The van der Waals surface area contributed by atoms with Gasteiger partial charge in [0.25, 0.3) is 5.91 Å². The van der Waals surface area contributed by atoms with E-state index in [1.54, 1.807) is 41.6 Å². The first kappa shape index (κ1) is 15.0. The number of nitrogens with zero attached hydrogens (tertiary/aromatic N) is 2. The number of cyclic esters (lactones) is 1. The second-order valence-electron chi connectivity index (χ2n) is 5.79. The molecule has 6 nitrogen and oxygen atoms in total. The van der Waals surface area contributed by atoms with Gasteiger partial charge in [-0.15, -0.1) is 0 Å². The summed E-state index contributed by atoms with van der Waals surface area (Å²) >= 11 is 0. The minimum Gasteiger partial charge on any atom is -0.423 e. The maximum absolute atomic E-state index is 12.2. The van der Waals surface area contributed by atoms with E-state index in [9.17, 15) is 9.59 Å². The van der Waals surface area contributed by atoms with E-state index in [0.717, 1.165) is 5.56 Å². The lowest BCUT2D eigenvalue weighted by atomic mass is 10.1. The number of anilines is 1. The van der Waals surface area contributed by atoms with Crippen LogP contribution >= 0.6 is 0 Å². The van der Waals surface area contributed by atoms with Gasteiger partial charge in [0.05, 0.1) is 6.54 Å². The number of benzene rings is 1. The fourth-order valence-corrected chi connectivity index (χ4v) is 2.34. The monoisotopic (exact) mass is 311 g/mol. The van der Waals surface area contributed by atoms with Crippen LogP contribution in [0.2, 0.25) is 0 Å². The van der Waals surface area contributed by atoms with Crippen molar-refractivity contribution in [3.8, 4) is 0 Å². The van der Waals surface area contributed by atoms with E-state index in [4.69, 9.17) is 4.74 Å². The van der Waals surface area contributed by atoms with Gasteiger partial charge in [0.15, 0.2) is 5.72 Å². The summed E-state index contributed by atoms with van der Waals surface area (Å²) in [5.74, 6) is -0.188. The number of hydrogen-bond donors (Lipinski definition) is 1.